The quantitative estimate of drug-likeness (QED) is 0.723. The van der Waals surface area contributed by atoms with Gasteiger partial charge in [-0.2, -0.15) is 10.4 Å². The lowest BCUT2D eigenvalue weighted by atomic mass is 9.89. The van der Waals surface area contributed by atoms with Gasteiger partial charge in [-0.25, -0.2) is 4.68 Å². The van der Waals surface area contributed by atoms with E-state index in [0.29, 0.717) is 25.4 Å². The molecule has 110 valence electrons. The molecule has 0 aromatic carbocycles. The van der Waals surface area contributed by atoms with Crippen molar-refractivity contribution in [1.29, 1.82) is 5.26 Å². The van der Waals surface area contributed by atoms with Crippen LogP contribution in [0.15, 0.2) is 17.1 Å². The summed E-state index contributed by atoms with van der Waals surface area (Å²) in [4.78, 5) is 11.8. The van der Waals surface area contributed by atoms with E-state index in [-0.39, 0.29) is 11.0 Å². The topological polar surface area (TPSA) is 93.9 Å². The third kappa shape index (κ3) is 5.41. The first-order valence-electron chi connectivity index (χ1n) is 6.80. The van der Waals surface area contributed by atoms with E-state index in [1.807, 2.05) is 13.8 Å². The molecule has 2 N–H and O–H groups in total. The molecule has 0 radical (unpaired) electrons. The summed E-state index contributed by atoms with van der Waals surface area (Å²) < 4.78 is 6.65. The second-order valence-corrected chi connectivity index (χ2v) is 5.34. The number of rotatable bonds is 8. The van der Waals surface area contributed by atoms with Crippen molar-refractivity contribution < 1.29 is 4.74 Å². The second-order valence-electron chi connectivity index (χ2n) is 5.34. The first kappa shape index (κ1) is 16.2. The molecule has 0 aliphatic heterocycles. The molecule has 6 heteroatoms. The number of nitrogens with two attached hydrogens (primary N) is 1. The van der Waals surface area contributed by atoms with Gasteiger partial charge in [0.15, 0.2) is 0 Å². The Morgan fingerprint density at radius 1 is 1.50 bits per heavy atom. The van der Waals surface area contributed by atoms with Crippen LogP contribution < -0.4 is 16.0 Å². The Kier molecular flexibility index (Phi) is 6.19. The van der Waals surface area contributed by atoms with E-state index >= 15 is 0 Å². The third-order valence-electron chi connectivity index (χ3n) is 2.96. The van der Waals surface area contributed by atoms with Crippen LogP contribution in [0, 0.1) is 16.7 Å². The van der Waals surface area contributed by atoms with Gasteiger partial charge < -0.3 is 10.5 Å². The van der Waals surface area contributed by atoms with Gasteiger partial charge in [0.05, 0.1) is 17.7 Å². The highest BCUT2D eigenvalue weighted by Gasteiger charge is 2.15. The minimum absolute atomic E-state index is 0.181. The minimum atomic E-state index is -0.307. The van der Waals surface area contributed by atoms with Crippen LogP contribution >= 0.6 is 0 Å². The fraction of sp³-hybridized carbons (Fsp3) is 0.643. The maximum absolute atomic E-state index is 11.8. The zero-order valence-electron chi connectivity index (χ0n) is 12.1. The van der Waals surface area contributed by atoms with Gasteiger partial charge in [-0.3, -0.25) is 4.79 Å². The van der Waals surface area contributed by atoms with Gasteiger partial charge in [0.25, 0.3) is 5.56 Å². The monoisotopic (exact) mass is 278 g/mol. The predicted molar refractivity (Wildman–Crippen MR) is 76.3 cm³/mol. The average molecular weight is 278 g/mol. The highest BCUT2D eigenvalue weighted by molar-refractivity contribution is 5.13. The standard InChI is InChI=1S/C14H22N4O2/c1-14(2,11-16)5-3-4-7-18-13(19)9-12(10-17-18)20-8-6-15/h9-10H,3-8,15H2,1-2H3. The highest BCUT2D eigenvalue weighted by atomic mass is 16.5. The summed E-state index contributed by atoms with van der Waals surface area (Å²) >= 11 is 0. The van der Waals surface area contributed by atoms with Crippen molar-refractivity contribution in [2.24, 2.45) is 11.1 Å². The molecule has 0 aliphatic rings. The molecule has 0 saturated heterocycles. The number of hydrogen-bond acceptors (Lipinski definition) is 5. The average Bonchev–Trinajstić information content (AvgIpc) is 2.43. The van der Waals surface area contributed by atoms with E-state index in [2.05, 4.69) is 11.2 Å². The predicted octanol–water partition coefficient (Wildman–Crippen LogP) is 1.30. The van der Waals surface area contributed by atoms with E-state index in [1.54, 1.807) is 0 Å². The van der Waals surface area contributed by atoms with Crippen LogP contribution in [-0.2, 0) is 6.54 Å². The lowest BCUT2D eigenvalue weighted by Gasteiger charge is -2.14. The van der Waals surface area contributed by atoms with Gasteiger partial charge in [0, 0.05) is 19.2 Å². The summed E-state index contributed by atoms with van der Waals surface area (Å²) in [5.41, 5.74) is 4.83. The molecule has 0 spiro atoms. The maximum atomic E-state index is 11.8. The number of ether oxygens (including phenoxy) is 1. The molecule has 1 heterocycles. The van der Waals surface area contributed by atoms with Crippen molar-refractivity contribution in [2.45, 2.75) is 39.7 Å². The summed E-state index contributed by atoms with van der Waals surface area (Å²) in [5, 5.41) is 13.0. The van der Waals surface area contributed by atoms with Crippen molar-refractivity contribution in [1.82, 2.24) is 9.78 Å². The Balaban J connectivity index is 2.45. The van der Waals surface area contributed by atoms with Crippen molar-refractivity contribution in [3.05, 3.63) is 22.6 Å². The smallest absolute Gasteiger partial charge is 0.270 e. The molecule has 0 saturated carbocycles. The Hall–Kier alpha value is -1.87. The summed E-state index contributed by atoms with van der Waals surface area (Å²) in [6.45, 7) is 5.16. The largest absolute Gasteiger partial charge is 0.490 e. The van der Waals surface area contributed by atoms with Gasteiger partial charge >= 0.3 is 0 Å². The second kappa shape index (κ2) is 7.65. The van der Waals surface area contributed by atoms with Gasteiger partial charge in [-0.15, -0.1) is 0 Å². The lowest BCUT2D eigenvalue weighted by molar-refractivity contribution is 0.323. The summed E-state index contributed by atoms with van der Waals surface area (Å²) in [6, 6.07) is 3.69. The number of unbranched alkanes of at least 4 members (excludes halogenated alkanes) is 1. The molecule has 0 unspecified atom stereocenters. The molecule has 6 nitrogen and oxygen atoms in total. The molecular formula is C14H22N4O2. The Labute approximate surface area is 119 Å². The van der Waals surface area contributed by atoms with E-state index in [4.69, 9.17) is 15.7 Å². The van der Waals surface area contributed by atoms with Gasteiger partial charge in [-0.1, -0.05) is 6.42 Å². The fourth-order valence-corrected chi connectivity index (χ4v) is 1.73. The van der Waals surface area contributed by atoms with E-state index < -0.39 is 0 Å². The molecule has 20 heavy (non-hydrogen) atoms. The van der Waals surface area contributed by atoms with Gasteiger partial charge in [0.2, 0.25) is 0 Å². The molecule has 1 rings (SSSR count). The van der Waals surface area contributed by atoms with Crippen molar-refractivity contribution in [2.75, 3.05) is 13.2 Å². The molecule has 1 aromatic rings. The van der Waals surface area contributed by atoms with Crippen molar-refractivity contribution >= 4 is 0 Å². The summed E-state index contributed by atoms with van der Waals surface area (Å²) in [6.07, 6.45) is 4.05. The Bertz CT molecular complexity index is 517. The van der Waals surface area contributed by atoms with Crippen molar-refractivity contribution in [3.8, 4) is 11.8 Å². The number of aryl methyl sites for hydroxylation is 1. The number of nitrogens with zero attached hydrogens (tertiary/aromatic N) is 3. The number of hydrogen-bond donors (Lipinski definition) is 1. The molecule has 0 atom stereocenters. The molecular weight excluding hydrogens is 256 g/mol. The highest BCUT2D eigenvalue weighted by Crippen LogP contribution is 2.21. The lowest BCUT2D eigenvalue weighted by Crippen LogP contribution is -2.23. The van der Waals surface area contributed by atoms with E-state index in [1.165, 1.54) is 16.9 Å². The maximum Gasteiger partial charge on any atom is 0.270 e. The normalized spacial score (nSPS) is 11.1. The SMILES string of the molecule is CC(C)(C#N)CCCCn1ncc(OCCN)cc1=O. The van der Waals surface area contributed by atoms with Crippen LogP contribution in [-0.4, -0.2) is 22.9 Å². The van der Waals surface area contributed by atoms with Crippen LogP contribution in [0.2, 0.25) is 0 Å². The summed E-state index contributed by atoms with van der Waals surface area (Å²) in [5.74, 6) is 0.447. The van der Waals surface area contributed by atoms with Crippen LogP contribution in [0.3, 0.4) is 0 Å². The van der Waals surface area contributed by atoms with Crippen LogP contribution in [0.4, 0.5) is 0 Å². The van der Waals surface area contributed by atoms with E-state index in [9.17, 15) is 4.79 Å². The van der Waals surface area contributed by atoms with Crippen molar-refractivity contribution in [3.63, 3.8) is 0 Å². The molecule has 0 fully saturated rings. The zero-order chi connectivity index (χ0) is 15.0. The molecule has 0 amide bonds. The minimum Gasteiger partial charge on any atom is -0.490 e. The molecule has 0 aliphatic carbocycles. The third-order valence-corrected chi connectivity index (χ3v) is 2.96. The number of nitriles is 1. The van der Waals surface area contributed by atoms with Gasteiger partial charge in [-0.05, 0) is 26.7 Å². The van der Waals surface area contributed by atoms with Crippen LogP contribution in [0.5, 0.6) is 5.75 Å². The fourth-order valence-electron chi connectivity index (χ4n) is 1.73. The van der Waals surface area contributed by atoms with Crippen LogP contribution in [0.1, 0.15) is 33.1 Å². The Morgan fingerprint density at radius 2 is 2.25 bits per heavy atom. The molecule has 0 bridgehead atoms. The van der Waals surface area contributed by atoms with Crippen LogP contribution in [0.25, 0.3) is 0 Å². The summed E-state index contributed by atoms with van der Waals surface area (Å²) in [7, 11) is 0. The molecule has 1 aromatic heterocycles. The van der Waals surface area contributed by atoms with E-state index in [0.717, 1.165) is 19.3 Å². The zero-order valence-corrected chi connectivity index (χ0v) is 12.1. The first-order chi connectivity index (χ1) is 9.48. The first-order valence-corrected chi connectivity index (χ1v) is 6.80. The number of aromatic nitrogens is 2. The van der Waals surface area contributed by atoms with Gasteiger partial charge in [0.1, 0.15) is 12.4 Å². The Morgan fingerprint density at radius 3 is 2.85 bits per heavy atom.